The van der Waals surface area contributed by atoms with Crippen molar-refractivity contribution in [3.8, 4) is 0 Å². The molecule has 0 aliphatic heterocycles. The standard InChI is InChI=1S/C15H25NO/c1-11(2)17-10-14(16)12-8-6-7-9-13(12)15(3,4)5/h6-9,11,14H,10,16H2,1-5H3. The Morgan fingerprint density at radius 1 is 1.18 bits per heavy atom. The third-order valence-corrected chi connectivity index (χ3v) is 2.78. The van der Waals surface area contributed by atoms with E-state index >= 15 is 0 Å². The lowest BCUT2D eigenvalue weighted by Gasteiger charge is -2.26. The number of benzene rings is 1. The molecule has 0 aromatic heterocycles. The second-order valence-corrected chi connectivity index (χ2v) is 5.83. The lowest BCUT2D eigenvalue weighted by molar-refractivity contribution is 0.0680. The van der Waals surface area contributed by atoms with E-state index in [1.54, 1.807) is 0 Å². The molecule has 1 atom stereocenters. The van der Waals surface area contributed by atoms with Gasteiger partial charge in [-0.05, 0) is 30.4 Å². The average molecular weight is 235 g/mol. The molecular weight excluding hydrogens is 210 g/mol. The van der Waals surface area contributed by atoms with Gasteiger partial charge in [-0.15, -0.1) is 0 Å². The summed E-state index contributed by atoms with van der Waals surface area (Å²) in [5.74, 6) is 0. The number of hydrogen-bond donors (Lipinski definition) is 1. The predicted molar refractivity (Wildman–Crippen MR) is 73.2 cm³/mol. The van der Waals surface area contributed by atoms with Gasteiger partial charge in [-0.3, -0.25) is 0 Å². The maximum absolute atomic E-state index is 6.22. The minimum atomic E-state index is -0.0483. The van der Waals surface area contributed by atoms with Crippen molar-refractivity contribution < 1.29 is 4.74 Å². The van der Waals surface area contributed by atoms with E-state index < -0.39 is 0 Å². The van der Waals surface area contributed by atoms with Crippen molar-refractivity contribution in [3.05, 3.63) is 35.4 Å². The normalized spacial score (nSPS) is 14.1. The third kappa shape index (κ3) is 4.14. The molecule has 96 valence electrons. The first kappa shape index (κ1) is 14.2. The Balaban J connectivity index is 2.89. The fourth-order valence-corrected chi connectivity index (χ4v) is 1.89. The van der Waals surface area contributed by atoms with Gasteiger partial charge < -0.3 is 10.5 Å². The number of ether oxygens (including phenoxy) is 1. The van der Waals surface area contributed by atoms with Gasteiger partial charge in [-0.25, -0.2) is 0 Å². The maximum atomic E-state index is 6.22. The van der Waals surface area contributed by atoms with Gasteiger partial charge in [0.05, 0.1) is 18.8 Å². The van der Waals surface area contributed by atoms with E-state index in [0.29, 0.717) is 6.61 Å². The quantitative estimate of drug-likeness (QED) is 0.868. The van der Waals surface area contributed by atoms with E-state index in [1.807, 2.05) is 19.9 Å². The molecule has 0 saturated heterocycles. The summed E-state index contributed by atoms with van der Waals surface area (Å²) in [6.07, 6.45) is 0.225. The van der Waals surface area contributed by atoms with Crippen LogP contribution >= 0.6 is 0 Å². The Morgan fingerprint density at radius 2 is 1.76 bits per heavy atom. The second kappa shape index (κ2) is 5.65. The molecule has 17 heavy (non-hydrogen) atoms. The molecule has 1 unspecified atom stereocenters. The maximum Gasteiger partial charge on any atom is 0.0662 e. The number of nitrogens with two attached hydrogens (primary N) is 1. The van der Waals surface area contributed by atoms with Crippen molar-refractivity contribution in [3.63, 3.8) is 0 Å². The van der Waals surface area contributed by atoms with E-state index in [2.05, 4.69) is 39.0 Å². The molecule has 0 spiro atoms. The molecule has 2 N–H and O–H groups in total. The molecule has 0 amide bonds. The van der Waals surface area contributed by atoms with Gasteiger partial charge in [0.1, 0.15) is 0 Å². The van der Waals surface area contributed by atoms with E-state index in [-0.39, 0.29) is 17.6 Å². The largest absolute Gasteiger partial charge is 0.377 e. The van der Waals surface area contributed by atoms with Crippen molar-refractivity contribution in [2.24, 2.45) is 5.73 Å². The van der Waals surface area contributed by atoms with Gasteiger partial charge in [-0.1, -0.05) is 45.0 Å². The zero-order valence-electron chi connectivity index (χ0n) is 11.7. The van der Waals surface area contributed by atoms with Crippen LogP contribution in [0.25, 0.3) is 0 Å². The molecule has 0 heterocycles. The third-order valence-electron chi connectivity index (χ3n) is 2.78. The fourth-order valence-electron chi connectivity index (χ4n) is 1.89. The summed E-state index contributed by atoms with van der Waals surface area (Å²) in [7, 11) is 0. The van der Waals surface area contributed by atoms with Crippen molar-refractivity contribution in [1.82, 2.24) is 0 Å². The second-order valence-electron chi connectivity index (χ2n) is 5.83. The first-order chi connectivity index (χ1) is 7.82. The average Bonchev–Trinajstić information content (AvgIpc) is 2.24. The Labute approximate surface area is 105 Å². The number of hydrogen-bond acceptors (Lipinski definition) is 2. The zero-order chi connectivity index (χ0) is 13.1. The molecule has 1 aromatic rings. The van der Waals surface area contributed by atoms with E-state index in [1.165, 1.54) is 11.1 Å². The molecule has 2 heteroatoms. The summed E-state index contributed by atoms with van der Waals surface area (Å²) in [6, 6.07) is 8.33. The molecule has 0 aliphatic rings. The molecule has 1 aromatic carbocycles. The zero-order valence-corrected chi connectivity index (χ0v) is 11.7. The monoisotopic (exact) mass is 235 g/mol. The van der Waals surface area contributed by atoms with Crippen LogP contribution in [0.2, 0.25) is 0 Å². The summed E-state index contributed by atoms with van der Waals surface area (Å²) in [6.45, 7) is 11.3. The van der Waals surface area contributed by atoms with Crippen molar-refractivity contribution in [1.29, 1.82) is 0 Å². The summed E-state index contributed by atoms with van der Waals surface area (Å²) < 4.78 is 5.60. The highest BCUT2D eigenvalue weighted by Gasteiger charge is 2.20. The Bertz CT molecular complexity index is 352. The minimum absolute atomic E-state index is 0.0483. The lowest BCUT2D eigenvalue weighted by Crippen LogP contribution is -2.24. The molecule has 0 aliphatic carbocycles. The summed E-state index contributed by atoms with van der Waals surface area (Å²) in [5.41, 5.74) is 8.83. The first-order valence-electron chi connectivity index (χ1n) is 6.29. The highest BCUT2D eigenvalue weighted by atomic mass is 16.5. The van der Waals surface area contributed by atoms with Gasteiger partial charge in [-0.2, -0.15) is 0 Å². The molecule has 0 fully saturated rings. The highest BCUT2D eigenvalue weighted by Crippen LogP contribution is 2.28. The SMILES string of the molecule is CC(C)OCC(N)c1ccccc1C(C)(C)C. The van der Waals surface area contributed by atoms with Crippen LogP contribution in [0.5, 0.6) is 0 Å². The van der Waals surface area contributed by atoms with Gasteiger partial charge in [0.2, 0.25) is 0 Å². The van der Waals surface area contributed by atoms with Crippen LogP contribution in [-0.2, 0) is 10.2 Å². The van der Waals surface area contributed by atoms with Gasteiger partial charge in [0, 0.05) is 0 Å². The fraction of sp³-hybridized carbons (Fsp3) is 0.600. The van der Waals surface area contributed by atoms with E-state index in [0.717, 1.165) is 0 Å². The molecular formula is C15H25NO. The highest BCUT2D eigenvalue weighted by molar-refractivity contribution is 5.35. The van der Waals surface area contributed by atoms with Crippen molar-refractivity contribution >= 4 is 0 Å². The van der Waals surface area contributed by atoms with Crippen LogP contribution < -0.4 is 5.73 Å². The van der Waals surface area contributed by atoms with Gasteiger partial charge in [0.15, 0.2) is 0 Å². The van der Waals surface area contributed by atoms with Crippen LogP contribution in [0.1, 0.15) is 51.8 Å². The Morgan fingerprint density at radius 3 is 2.29 bits per heavy atom. The summed E-state index contributed by atoms with van der Waals surface area (Å²) in [5, 5.41) is 0. The molecule has 0 saturated carbocycles. The summed E-state index contributed by atoms with van der Waals surface area (Å²) in [4.78, 5) is 0. The minimum Gasteiger partial charge on any atom is -0.377 e. The molecule has 2 nitrogen and oxygen atoms in total. The number of rotatable bonds is 4. The van der Waals surface area contributed by atoms with E-state index in [9.17, 15) is 0 Å². The molecule has 1 rings (SSSR count). The molecule has 0 radical (unpaired) electrons. The smallest absolute Gasteiger partial charge is 0.0662 e. The van der Waals surface area contributed by atoms with Gasteiger partial charge >= 0.3 is 0 Å². The first-order valence-corrected chi connectivity index (χ1v) is 6.29. The van der Waals surface area contributed by atoms with Crippen LogP contribution in [0.15, 0.2) is 24.3 Å². The topological polar surface area (TPSA) is 35.2 Å². The predicted octanol–water partition coefficient (Wildman–Crippen LogP) is 3.41. The van der Waals surface area contributed by atoms with Gasteiger partial charge in [0.25, 0.3) is 0 Å². The van der Waals surface area contributed by atoms with Crippen LogP contribution in [-0.4, -0.2) is 12.7 Å². The summed E-state index contributed by atoms with van der Waals surface area (Å²) >= 11 is 0. The van der Waals surface area contributed by atoms with Crippen LogP contribution in [0.3, 0.4) is 0 Å². The Kier molecular flexibility index (Phi) is 4.72. The van der Waals surface area contributed by atoms with Crippen molar-refractivity contribution in [2.75, 3.05) is 6.61 Å². The van der Waals surface area contributed by atoms with Crippen molar-refractivity contribution in [2.45, 2.75) is 52.2 Å². The van der Waals surface area contributed by atoms with E-state index in [4.69, 9.17) is 10.5 Å². The van der Waals surface area contributed by atoms with Crippen LogP contribution in [0, 0.1) is 0 Å². The Hall–Kier alpha value is -0.860. The lowest BCUT2D eigenvalue weighted by atomic mass is 9.82. The van der Waals surface area contributed by atoms with Crippen LogP contribution in [0.4, 0.5) is 0 Å². The molecule has 0 bridgehead atoms.